The van der Waals surface area contributed by atoms with Crippen LogP contribution in [0.4, 0.5) is 4.39 Å². The normalized spacial score (nSPS) is 14.6. The molecule has 0 aromatic heterocycles. The zero-order chi connectivity index (χ0) is 12.7. The van der Waals surface area contributed by atoms with Crippen LogP contribution in [0.1, 0.15) is 11.7 Å². The van der Waals surface area contributed by atoms with Crippen LogP contribution in [0.25, 0.3) is 0 Å². The predicted octanol–water partition coefficient (Wildman–Crippen LogP) is 1.76. The van der Waals surface area contributed by atoms with E-state index in [0.717, 1.165) is 10.5 Å². The van der Waals surface area contributed by atoms with Gasteiger partial charge in [-0.25, -0.2) is 4.39 Å². The number of ether oxygens (including phenoxy) is 1. The van der Waals surface area contributed by atoms with E-state index in [-0.39, 0.29) is 6.61 Å². The maximum absolute atomic E-state index is 12.5. The van der Waals surface area contributed by atoms with Gasteiger partial charge in [0.25, 0.3) is 0 Å². The molecule has 1 aromatic rings. The molecule has 0 spiro atoms. The highest BCUT2D eigenvalue weighted by atomic mass is 32.2. The van der Waals surface area contributed by atoms with E-state index in [1.165, 1.54) is 7.11 Å². The number of thioether (sulfide) groups is 1. The molecule has 0 aliphatic rings. The molecule has 0 unspecified atom stereocenters. The van der Waals surface area contributed by atoms with Gasteiger partial charge in [-0.3, -0.25) is 0 Å². The minimum absolute atomic E-state index is 0.153. The third-order valence-corrected chi connectivity index (χ3v) is 3.38. The van der Waals surface area contributed by atoms with Crippen LogP contribution in [0, 0.1) is 0 Å². The molecule has 17 heavy (non-hydrogen) atoms. The average molecular weight is 259 g/mol. The number of aliphatic hydroxyl groups excluding tert-OH is 1. The summed E-state index contributed by atoms with van der Waals surface area (Å²) in [5.74, 6) is 0.664. The first-order chi connectivity index (χ1) is 8.22. The summed E-state index contributed by atoms with van der Waals surface area (Å²) in [6, 6.07) is 6.96. The van der Waals surface area contributed by atoms with Crippen LogP contribution in [0.2, 0.25) is 0 Å². The lowest BCUT2D eigenvalue weighted by Crippen LogP contribution is -2.31. The third kappa shape index (κ3) is 4.27. The molecular formula is C12H18FNO2S. The van der Waals surface area contributed by atoms with Crippen LogP contribution in [-0.2, 0) is 4.74 Å². The SMILES string of the molecule is CO[C@H](c1ccc(SCCO)cc1)[C@H](N)CF. The molecule has 0 heterocycles. The first-order valence-electron chi connectivity index (χ1n) is 5.41. The Morgan fingerprint density at radius 2 is 2.06 bits per heavy atom. The molecule has 1 aromatic carbocycles. The van der Waals surface area contributed by atoms with Crippen LogP contribution in [0.5, 0.6) is 0 Å². The van der Waals surface area contributed by atoms with Crippen LogP contribution < -0.4 is 5.73 Å². The summed E-state index contributed by atoms with van der Waals surface area (Å²) in [6.07, 6.45) is -0.420. The van der Waals surface area contributed by atoms with Crippen molar-refractivity contribution in [3.8, 4) is 0 Å². The summed E-state index contributed by atoms with van der Waals surface area (Å²) in [5, 5.41) is 8.71. The van der Waals surface area contributed by atoms with Gasteiger partial charge >= 0.3 is 0 Å². The second-order valence-corrected chi connectivity index (χ2v) is 4.78. The molecule has 2 atom stereocenters. The first kappa shape index (κ1) is 14.4. The molecule has 96 valence electrons. The highest BCUT2D eigenvalue weighted by Crippen LogP contribution is 2.24. The van der Waals surface area contributed by atoms with Gasteiger partial charge in [0.2, 0.25) is 0 Å². The number of hydrogen-bond donors (Lipinski definition) is 2. The molecule has 1 rings (SSSR count). The summed E-state index contributed by atoms with van der Waals surface area (Å²) in [6.45, 7) is -0.459. The zero-order valence-corrected chi connectivity index (χ0v) is 10.6. The van der Waals surface area contributed by atoms with Gasteiger partial charge < -0.3 is 15.6 Å². The largest absolute Gasteiger partial charge is 0.396 e. The van der Waals surface area contributed by atoms with Gasteiger partial charge in [-0.05, 0) is 17.7 Å². The number of hydrogen-bond acceptors (Lipinski definition) is 4. The van der Waals surface area contributed by atoms with E-state index in [2.05, 4.69) is 0 Å². The monoisotopic (exact) mass is 259 g/mol. The van der Waals surface area contributed by atoms with Crippen molar-refractivity contribution >= 4 is 11.8 Å². The second kappa shape index (κ2) is 7.66. The highest BCUT2D eigenvalue weighted by molar-refractivity contribution is 7.99. The number of alkyl halides is 1. The van der Waals surface area contributed by atoms with Crippen molar-refractivity contribution in [2.75, 3.05) is 26.1 Å². The Labute approximate surface area is 105 Å². The molecule has 0 saturated carbocycles. The maximum atomic E-state index is 12.5. The summed E-state index contributed by atoms with van der Waals surface area (Å²) in [7, 11) is 1.52. The van der Waals surface area contributed by atoms with Crippen LogP contribution >= 0.6 is 11.8 Å². The Kier molecular flexibility index (Phi) is 6.50. The molecule has 5 heteroatoms. The van der Waals surface area contributed by atoms with Crippen molar-refractivity contribution in [2.45, 2.75) is 17.0 Å². The van der Waals surface area contributed by atoms with Gasteiger partial charge in [0.05, 0.1) is 18.8 Å². The van der Waals surface area contributed by atoms with E-state index in [9.17, 15) is 4.39 Å². The number of benzene rings is 1. The fourth-order valence-electron chi connectivity index (χ4n) is 1.56. The maximum Gasteiger partial charge on any atom is 0.107 e. The quantitative estimate of drug-likeness (QED) is 0.733. The molecule has 3 nitrogen and oxygen atoms in total. The average Bonchev–Trinajstić information content (AvgIpc) is 2.38. The van der Waals surface area contributed by atoms with Gasteiger partial charge in [-0.1, -0.05) is 12.1 Å². The molecule has 0 fully saturated rings. The minimum Gasteiger partial charge on any atom is -0.396 e. The summed E-state index contributed by atoms with van der Waals surface area (Å²) in [4.78, 5) is 1.06. The second-order valence-electron chi connectivity index (χ2n) is 3.62. The van der Waals surface area contributed by atoms with Gasteiger partial charge in [0.15, 0.2) is 0 Å². The number of aliphatic hydroxyl groups is 1. The Bertz CT molecular complexity index is 321. The highest BCUT2D eigenvalue weighted by Gasteiger charge is 2.18. The zero-order valence-electron chi connectivity index (χ0n) is 9.80. The van der Waals surface area contributed by atoms with Gasteiger partial charge in [-0.15, -0.1) is 11.8 Å². The van der Waals surface area contributed by atoms with Crippen molar-refractivity contribution in [1.82, 2.24) is 0 Å². The summed E-state index contributed by atoms with van der Waals surface area (Å²) >= 11 is 1.57. The molecule has 0 aliphatic carbocycles. The number of halogens is 1. The van der Waals surface area contributed by atoms with Gasteiger partial charge in [0, 0.05) is 17.8 Å². The number of rotatable bonds is 7. The first-order valence-corrected chi connectivity index (χ1v) is 6.39. The topological polar surface area (TPSA) is 55.5 Å². The van der Waals surface area contributed by atoms with Gasteiger partial charge in [-0.2, -0.15) is 0 Å². The van der Waals surface area contributed by atoms with Crippen molar-refractivity contribution in [3.05, 3.63) is 29.8 Å². The lowest BCUT2D eigenvalue weighted by molar-refractivity contribution is 0.0720. The van der Waals surface area contributed by atoms with Crippen molar-refractivity contribution in [3.63, 3.8) is 0 Å². The molecule has 0 saturated heterocycles. The third-order valence-electron chi connectivity index (χ3n) is 2.39. The van der Waals surface area contributed by atoms with E-state index in [0.29, 0.717) is 5.75 Å². The molecule has 0 bridgehead atoms. The van der Waals surface area contributed by atoms with E-state index in [1.807, 2.05) is 24.3 Å². The van der Waals surface area contributed by atoms with Crippen LogP contribution in [-0.4, -0.2) is 37.3 Å². The molecular weight excluding hydrogens is 241 g/mol. The lowest BCUT2D eigenvalue weighted by Gasteiger charge is -2.20. The van der Waals surface area contributed by atoms with E-state index in [1.54, 1.807) is 11.8 Å². The predicted molar refractivity (Wildman–Crippen MR) is 68.0 cm³/mol. The van der Waals surface area contributed by atoms with E-state index >= 15 is 0 Å². The molecule has 3 N–H and O–H groups in total. The van der Waals surface area contributed by atoms with Crippen molar-refractivity contribution in [2.24, 2.45) is 5.73 Å². The molecule has 0 radical (unpaired) electrons. The fourth-order valence-corrected chi connectivity index (χ4v) is 2.21. The van der Waals surface area contributed by atoms with Gasteiger partial charge in [0.1, 0.15) is 6.67 Å². The lowest BCUT2D eigenvalue weighted by atomic mass is 10.0. The standard InChI is InChI=1S/C12H18FNO2S/c1-16-12(11(14)8-13)9-2-4-10(5-3-9)17-7-6-15/h2-5,11-12,15H,6-8,14H2,1H3/t11-,12-/m1/s1. The van der Waals surface area contributed by atoms with Crippen LogP contribution in [0.3, 0.4) is 0 Å². The van der Waals surface area contributed by atoms with Crippen molar-refractivity contribution in [1.29, 1.82) is 0 Å². The Balaban J connectivity index is 2.71. The van der Waals surface area contributed by atoms with E-state index in [4.69, 9.17) is 15.6 Å². The van der Waals surface area contributed by atoms with Crippen LogP contribution in [0.15, 0.2) is 29.2 Å². The minimum atomic E-state index is -0.643. The Hall–Kier alpha value is -0.620. The number of methoxy groups -OCH3 is 1. The summed E-state index contributed by atoms with van der Waals surface area (Å²) in [5.41, 5.74) is 6.51. The van der Waals surface area contributed by atoms with E-state index < -0.39 is 18.8 Å². The fraction of sp³-hybridized carbons (Fsp3) is 0.500. The Morgan fingerprint density at radius 3 is 2.53 bits per heavy atom. The summed E-state index contributed by atoms with van der Waals surface area (Å²) < 4.78 is 17.7. The number of nitrogens with two attached hydrogens (primary N) is 1. The Morgan fingerprint density at radius 1 is 1.41 bits per heavy atom. The smallest absolute Gasteiger partial charge is 0.107 e. The molecule has 0 aliphatic heterocycles. The molecule has 0 amide bonds. The van der Waals surface area contributed by atoms with Crippen molar-refractivity contribution < 1.29 is 14.2 Å².